The van der Waals surface area contributed by atoms with Gasteiger partial charge < -0.3 is 5.11 Å². The van der Waals surface area contributed by atoms with Gasteiger partial charge in [-0.3, -0.25) is 0 Å². The Morgan fingerprint density at radius 1 is 0.750 bits per heavy atom. The molecule has 0 spiro atoms. The van der Waals surface area contributed by atoms with Crippen LogP contribution in [0.4, 0.5) is 22.0 Å². The molecule has 0 aromatic heterocycles. The summed E-state index contributed by atoms with van der Waals surface area (Å²) < 4.78 is 64.7. The molecule has 1 fully saturated rings. The fourth-order valence-corrected chi connectivity index (χ4v) is 1.80. The molecule has 1 aromatic rings. The van der Waals surface area contributed by atoms with Crippen molar-refractivity contribution in [2.75, 3.05) is 0 Å². The van der Waals surface area contributed by atoms with Crippen LogP contribution in [0.15, 0.2) is 0 Å². The van der Waals surface area contributed by atoms with Gasteiger partial charge in [0.15, 0.2) is 23.3 Å². The van der Waals surface area contributed by atoms with Gasteiger partial charge in [-0.2, -0.15) is 0 Å². The minimum absolute atomic E-state index is 0.0123. The van der Waals surface area contributed by atoms with Crippen LogP contribution in [0, 0.1) is 29.1 Å². The summed E-state index contributed by atoms with van der Waals surface area (Å²) in [4.78, 5) is 0. The number of hydrogen-bond donors (Lipinski definition) is 1. The maximum absolute atomic E-state index is 13.2. The van der Waals surface area contributed by atoms with Crippen molar-refractivity contribution in [1.82, 2.24) is 0 Å². The molecule has 2 rings (SSSR count). The molecule has 88 valence electrons. The molecule has 0 bridgehead atoms. The molecule has 0 aliphatic heterocycles. The number of benzene rings is 1. The zero-order valence-corrected chi connectivity index (χ0v) is 7.91. The quantitative estimate of drug-likeness (QED) is 0.453. The van der Waals surface area contributed by atoms with Crippen LogP contribution in [0.2, 0.25) is 0 Å². The lowest BCUT2D eigenvalue weighted by atomic mass is 9.77. The van der Waals surface area contributed by atoms with E-state index in [0.717, 1.165) is 0 Å². The van der Waals surface area contributed by atoms with E-state index in [9.17, 15) is 22.0 Å². The van der Waals surface area contributed by atoms with Crippen LogP contribution in [0.25, 0.3) is 0 Å². The molecule has 1 saturated carbocycles. The largest absolute Gasteiger partial charge is 0.393 e. The number of rotatable bonds is 1. The Morgan fingerprint density at radius 2 is 1.12 bits per heavy atom. The third-order valence-corrected chi connectivity index (χ3v) is 2.77. The Labute approximate surface area is 87.5 Å². The summed E-state index contributed by atoms with van der Waals surface area (Å²) in [5, 5.41) is 8.95. The van der Waals surface area contributed by atoms with Crippen LogP contribution >= 0.6 is 0 Å². The molecule has 16 heavy (non-hydrogen) atoms. The molecule has 1 N–H and O–H groups in total. The number of aliphatic hydroxyl groups excluding tert-OH is 1. The van der Waals surface area contributed by atoms with Crippen molar-refractivity contribution in [3.05, 3.63) is 34.6 Å². The van der Waals surface area contributed by atoms with Crippen molar-refractivity contribution < 1.29 is 27.1 Å². The first kappa shape index (κ1) is 11.3. The molecule has 0 radical (unpaired) electrons. The highest BCUT2D eigenvalue weighted by Gasteiger charge is 2.36. The second-order valence-electron chi connectivity index (χ2n) is 3.81. The van der Waals surface area contributed by atoms with Crippen LogP contribution in [0.1, 0.15) is 24.3 Å². The first-order valence-electron chi connectivity index (χ1n) is 4.62. The molecule has 0 amide bonds. The summed E-state index contributed by atoms with van der Waals surface area (Å²) in [5.74, 6) is -10.4. The zero-order chi connectivity index (χ0) is 12.0. The van der Waals surface area contributed by atoms with E-state index < -0.39 is 46.7 Å². The van der Waals surface area contributed by atoms with E-state index in [4.69, 9.17) is 5.11 Å². The van der Waals surface area contributed by atoms with Crippen LogP contribution in [0.3, 0.4) is 0 Å². The van der Waals surface area contributed by atoms with Crippen LogP contribution in [0.5, 0.6) is 0 Å². The van der Waals surface area contributed by atoms with Gasteiger partial charge in [0, 0.05) is 5.56 Å². The Kier molecular flexibility index (Phi) is 2.61. The molecular formula is C10H7F5O. The van der Waals surface area contributed by atoms with Crippen molar-refractivity contribution in [3.63, 3.8) is 0 Å². The number of aliphatic hydroxyl groups is 1. The first-order valence-corrected chi connectivity index (χ1v) is 4.62. The summed E-state index contributed by atoms with van der Waals surface area (Å²) in [6.45, 7) is 0. The topological polar surface area (TPSA) is 20.2 Å². The average Bonchev–Trinajstić information content (AvgIpc) is 2.21. The molecule has 1 aromatic carbocycles. The number of halogens is 5. The Bertz CT molecular complexity index is 410. The van der Waals surface area contributed by atoms with E-state index in [-0.39, 0.29) is 12.8 Å². The van der Waals surface area contributed by atoms with Crippen molar-refractivity contribution >= 4 is 0 Å². The van der Waals surface area contributed by atoms with Gasteiger partial charge in [0.2, 0.25) is 5.82 Å². The minimum atomic E-state index is -2.15. The Balaban J connectivity index is 2.53. The predicted molar refractivity (Wildman–Crippen MR) is 44.2 cm³/mol. The summed E-state index contributed by atoms with van der Waals surface area (Å²) in [6, 6.07) is 0. The highest BCUT2D eigenvalue weighted by atomic mass is 19.2. The summed E-state index contributed by atoms with van der Waals surface area (Å²) in [7, 11) is 0. The highest BCUT2D eigenvalue weighted by Crippen LogP contribution is 2.40. The van der Waals surface area contributed by atoms with Crippen molar-refractivity contribution in [2.24, 2.45) is 0 Å². The molecule has 1 nitrogen and oxygen atoms in total. The number of hydrogen-bond acceptors (Lipinski definition) is 1. The predicted octanol–water partition coefficient (Wildman–Crippen LogP) is 2.62. The van der Waals surface area contributed by atoms with Gasteiger partial charge in [0.25, 0.3) is 0 Å². The van der Waals surface area contributed by atoms with E-state index in [1.54, 1.807) is 0 Å². The Morgan fingerprint density at radius 3 is 1.50 bits per heavy atom. The monoisotopic (exact) mass is 238 g/mol. The summed E-state index contributed by atoms with van der Waals surface area (Å²) in [6.07, 6.45) is -0.712. The molecule has 0 heterocycles. The summed E-state index contributed by atoms with van der Waals surface area (Å²) >= 11 is 0. The van der Waals surface area contributed by atoms with Crippen molar-refractivity contribution in [3.8, 4) is 0 Å². The maximum Gasteiger partial charge on any atom is 0.200 e. The van der Waals surface area contributed by atoms with Gasteiger partial charge >= 0.3 is 0 Å². The molecular weight excluding hydrogens is 231 g/mol. The van der Waals surface area contributed by atoms with Gasteiger partial charge in [-0.05, 0) is 18.8 Å². The van der Waals surface area contributed by atoms with Gasteiger partial charge in [-0.15, -0.1) is 0 Å². The van der Waals surface area contributed by atoms with Crippen LogP contribution in [-0.2, 0) is 0 Å². The van der Waals surface area contributed by atoms with Crippen LogP contribution < -0.4 is 0 Å². The molecule has 0 saturated heterocycles. The molecule has 1 aliphatic carbocycles. The van der Waals surface area contributed by atoms with Crippen molar-refractivity contribution in [1.29, 1.82) is 0 Å². The molecule has 0 atom stereocenters. The molecule has 1 aliphatic rings. The van der Waals surface area contributed by atoms with E-state index in [1.165, 1.54) is 0 Å². The van der Waals surface area contributed by atoms with Crippen LogP contribution in [-0.4, -0.2) is 11.2 Å². The molecule has 0 unspecified atom stereocenters. The van der Waals surface area contributed by atoms with E-state index >= 15 is 0 Å². The fraction of sp³-hybridized carbons (Fsp3) is 0.400. The second-order valence-corrected chi connectivity index (χ2v) is 3.81. The SMILES string of the molecule is OC1CC(c2c(F)c(F)c(F)c(F)c2F)C1. The Hall–Kier alpha value is -1.17. The van der Waals surface area contributed by atoms with Gasteiger partial charge in [-0.1, -0.05) is 0 Å². The summed E-state index contributed by atoms with van der Waals surface area (Å²) in [5.41, 5.74) is -0.818. The van der Waals surface area contributed by atoms with Crippen molar-refractivity contribution in [2.45, 2.75) is 24.9 Å². The fourth-order valence-electron chi connectivity index (χ4n) is 1.80. The molecule has 6 heteroatoms. The van der Waals surface area contributed by atoms with E-state index in [2.05, 4.69) is 0 Å². The average molecular weight is 238 g/mol. The minimum Gasteiger partial charge on any atom is -0.393 e. The van der Waals surface area contributed by atoms with Gasteiger partial charge in [0.05, 0.1) is 6.10 Å². The van der Waals surface area contributed by atoms with Gasteiger partial charge in [-0.25, -0.2) is 22.0 Å². The van der Waals surface area contributed by atoms with E-state index in [0.29, 0.717) is 0 Å². The smallest absolute Gasteiger partial charge is 0.200 e. The lowest BCUT2D eigenvalue weighted by Crippen LogP contribution is -2.29. The van der Waals surface area contributed by atoms with E-state index in [1.807, 2.05) is 0 Å². The maximum atomic E-state index is 13.2. The second kappa shape index (κ2) is 3.69. The lowest BCUT2D eigenvalue weighted by Gasteiger charge is -2.32. The third kappa shape index (κ3) is 1.48. The normalized spacial score (nSPS) is 24.4. The van der Waals surface area contributed by atoms with Gasteiger partial charge in [0.1, 0.15) is 0 Å². The standard InChI is InChI=1S/C10H7F5O/c11-6-5(3-1-4(16)2-3)7(12)9(14)10(15)8(6)13/h3-4,16H,1-2H2. The highest BCUT2D eigenvalue weighted by molar-refractivity contribution is 5.29. The first-order chi connectivity index (χ1) is 7.43. The zero-order valence-electron chi connectivity index (χ0n) is 7.91. The lowest BCUT2D eigenvalue weighted by molar-refractivity contribution is 0.0713. The third-order valence-electron chi connectivity index (χ3n) is 2.77.